The lowest BCUT2D eigenvalue weighted by atomic mass is 10.0. The number of benzene rings is 7. The van der Waals surface area contributed by atoms with Gasteiger partial charge in [0.2, 0.25) is 0 Å². The van der Waals surface area contributed by atoms with Crippen molar-refractivity contribution in [1.29, 1.82) is 0 Å². The third kappa shape index (κ3) is 5.04. The van der Waals surface area contributed by atoms with Crippen LogP contribution in [-0.2, 0) is 0 Å². The summed E-state index contributed by atoms with van der Waals surface area (Å²) in [5.41, 5.74) is 10.4. The topological polar surface area (TPSA) is 104 Å². The van der Waals surface area contributed by atoms with Gasteiger partial charge >= 0.3 is 0 Å². The highest BCUT2D eigenvalue weighted by atomic mass is 16.3. The molecule has 0 aliphatic rings. The molecule has 0 amide bonds. The molecule has 0 N–H and O–H groups in total. The average molecular weight is 734 g/mol. The van der Waals surface area contributed by atoms with Crippen molar-refractivity contribution in [1.82, 2.24) is 24.9 Å². The minimum absolute atomic E-state index is 0.543. The van der Waals surface area contributed by atoms with E-state index in [1.807, 2.05) is 146 Å². The molecule has 0 spiro atoms. The third-order valence-corrected chi connectivity index (χ3v) is 10.6. The van der Waals surface area contributed by atoms with Crippen LogP contribution in [0.5, 0.6) is 0 Å². The number of rotatable bonds is 5. The molecule has 0 aliphatic carbocycles. The van der Waals surface area contributed by atoms with Gasteiger partial charge in [-0.3, -0.25) is 0 Å². The standard InChI is InChI=1S/C49H27N5O3/c1-3-12-28(13-4-1)43-45-44(34-17-8-10-20-38(34)57-45)51-47(50-43)31-22-24-33-41(27-31)56-40-21-11-18-35(42(33)40)49-53-46(29-14-5-2-6-15-29)52-48(54-49)30-23-25-39-36(26-30)32-16-7-9-19-37(32)55-39/h1-27H. The van der Waals surface area contributed by atoms with Crippen molar-refractivity contribution in [2.24, 2.45) is 0 Å². The summed E-state index contributed by atoms with van der Waals surface area (Å²) in [5.74, 6) is 2.26. The quantitative estimate of drug-likeness (QED) is 0.172. The Morgan fingerprint density at radius 2 is 0.912 bits per heavy atom. The van der Waals surface area contributed by atoms with Crippen LogP contribution in [0.2, 0.25) is 0 Å². The summed E-state index contributed by atoms with van der Waals surface area (Å²) in [6.07, 6.45) is 0. The summed E-state index contributed by atoms with van der Waals surface area (Å²) in [6.45, 7) is 0. The predicted molar refractivity (Wildman–Crippen MR) is 224 cm³/mol. The van der Waals surface area contributed by atoms with Crippen LogP contribution in [0.3, 0.4) is 0 Å². The van der Waals surface area contributed by atoms with Crippen LogP contribution >= 0.6 is 0 Å². The maximum atomic E-state index is 6.59. The first-order valence-electron chi connectivity index (χ1n) is 18.7. The van der Waals surface area contributed by atoms with Gasteiger partial charge in [0.05, 0.1) is 0 Å². The fourth-order valence-corrected chi connectivity index (χ4v) is 7.87. The van der Waals surface area contributed by atoms with Crippen molar-refractivity contribution in [3.8, 4) is 56.8 Å². The first-order chi connectivity index (χ1) is 28.2. The number of hydrogen-bond donors (Lipinski definition) is 0. The summed E-state index contributed by atoms with van der Waals surface area (Å²) in [5, 5.41) is 4.82. The molecule has 0 bridgehead atoms. The lowest BCUT2D eigenvalue weighted by Gasteiger charge is -2.09. The van der Waals surface area contributed by atoms with Gasteiger partial charge in [0, 0.05) is 54.7 Å². The molecule has 12 aromatic rings. The van der Waals surface area contributed by atoms with Crippen molar-refractivity contribution in [3.63, 3.8) is 0 Å². The fourth-order valence-electron chi connectivity index (χ4n) is 7.87. The highest BCUT2D eigenvalue weighted by Crippen LogP contribution is 2.40. The van der Waals surface area contributed by atoms with Crippen LogP contribution in [0.1, 0.15) is 0 Å². The number of aromatic nitrogens is 5. The van der Waals surface area contributed by atoms with Crippen LogP contribution < -0.4 is 0 Å². The van der Waals surface area contributed by atoms with Gasteiger partial charge in [-0.15, -0.1) is 0 Å². The monoisotopic (exact) mass is 733 g/mol. The molecular formula is C49H27N5O3. The van der Waals surface area contributed by atoms with Gasteiger partial charge in [0.15, 0.2) is 28.9 Å². The Labute approximate surface area is 323 Å². The van der Waals surface area contributed by atoms with Gasteiger partial charge in [-0.05, 0) is 54.6 Å². The molecule has 8 nitrogen and oxygen atoms in total. The SMILES string of the molecule is c1ccc(-c2nc(-c3ccc4oc5ccccc5c4c3)nc(-c3cccc4oc5cc(-c6nc(-c7ccccc7)c7oc8ccccc8c7n6)ccc5c34)n2)cc1. The lowest BCUT2D eigenvalue weighted by Crippen LogP contribution is -2.00. The van der Waals surface area contributed by atoms with Gasteiger partial charge in [0.1, 0.15) is 39.1 Å². The first kappa shape index (κ1) is 31.4. The molecule has 7 aromatic carbocycles. The van der Waals surface area contributed by atoms with Gasteiger partial charge in [-0.25, -0.2) is 24.9 Å². The second-order valence-corrected chi connectivity index (χ2v) is 14.0. The molecule has 266 valence electrons. The van der Waals surface area contributed by atoms with E-state index in [0.29, 0.717) is 34.5 Å². The molecule has 5 heterocycles. The molecule has 8 heteroatoms. The van der Waals surface area contributed by atoms with Gasteiger partial charge in [-0.2, -0.15) is 0 Å². The molecule has 0 saturated carbocycles. The summed E-state index contributed by atoms with van der Waals surface area (Å²) in [4.78, 5) is 25.4. The number of furan rings is 3. The molecule has 0 radical (unpaired) electrons. The lowest BCUT2D eigenvalue weighted by molar-refractivity contribution is 0.667. The normalized spacial score (nSPS) is 11.9. The summed E-state index contributed by atoms with van der Waals surface area (Å²) < 4.78 is 19.1. The van der Waals surface area contributed by atoms with Crippen LogP contribution in [0.15, 0.2) is 177 Å². The summed E-state index contributed by atoms with van der Waals surface area (Å²) in [7, 11) is 0. The smallest absolute Gasteiger partial charge is 0.180 e. The second kappa shape index (κ2) is 12.3. The molecule has 0 atom stereocenters. The molecule has 12 rings (SSSR count). The fraction of sp³-hybridized carbons (Fsp3) is 0. The Balaban J connectivity index is 1.03. The highest BCUT2D eigenvalue weighted by molar-refractivity contribution is 6.13. The van der Waals surface area contributed by atoms with Gasteiger partial charge < -0.3 is 13.3 Å². The molecule has 57 heavy (non-hydrogen) atoms. The van der Waals surface area contributed by atoms with E-state index >= 15 is 0 Å². The van der Waals surface area contributed by atoms with E-state index in [-0.39, 0.29) is 0 Å². The van der Waals surface area contributed by atoms with E-state index in [4.69, 9.17) is 38.2 Å². The van der Waals surface area contributed by atoms with Gasteiger partial charge in [-0.1, -0.05) is 109 Å². The highest BCUT2D eigenvalue weighted by Gasteiger charge is 2.21. The second-order valence-electron chi connectivity index (χ2n) is 14.0. The van der Waals surface area contributed by atoms with E-state index in [1.165, 1.54) is 0 Å². The zero-order valence-corrected chi connectivity index (χ0v) is 30.0. The van der Waals surface area contributed by atoms with E-state index in [2.05, 4.69) is 18.2 Å². The average Bonchev–Trinajstić information content (AvgIpc) is 3.97. The third-order valence-electron chi connectivity index (χ3n) is 10.6. The van der Waals surface area contributed by atoms with Crippen LogP contribution in [0, 0.1) is 0 Å². The van der Waals surface area contributed by atoms with Crippen molar-refractivity contribution >= 4 is 65.9 Å². The van der Waals surface area contributed by atoms with E-state index < -0.39 is 0 Å². The van der Waals surface area contributed by atoms with Crippen molar-refractivity contribution in [2.45, 2.75) is 0 Å². The Morgan fingerprint density at radius 1 is 0.316 bits per heavy atom. The molecule has 0 unspecified atom stereocenters. The minimum atomic E-state index is 0.543. The van der Waals surface area contributed by atoms with Crippen molar-refractivity contribution in [2.75, 3.05) is 0 Å². The Hall–Kier alpha value is -7.97. The summed E-state index contributed by atoms with van der Waals surface area (Å²) in [6, 6.07) is 54.3. The first-order valence-corrected chi connectivity index (χ1v) is 18.7. The van der Waals surface area contributed by atoms with Crippen LogP contribution in [0.4, 0.5) is 0 Å². The largest absolute Gasteiger partial charge is 0.456 e. The maximum absolute atomic E-state index is 6.59. The van der Waals surface area contributed by atoms with Crippen molar-refractivity contribution < 1.29 is 13.3 Å². The van der Waals surface area contributed by atoms with Gasteiger partial charge in [0.25, 0.3) is 0 Å². The van der Waals surface area contributed by atoms with E-state index in [9.17, 15) is 0 Å². The Kier molecular flexibility index (Phi) is 6.76. The predicted octanol–water partition coefficient (Wildman–Crippen LogP) is 12.7. The Morgan fingerprint density at radius 3 is 1.74 bits per heavy atom. The van der Waals surface area contributed by atoms with E-state index in [1.54, 1.807) is 0 Å². The molecular weight excluding hydrogens is 707 g/mol. The minimum Gasteiger partial charge on any atom is -0.456 e. The zero-order chi connectivity index (χ0) is 37.5. The molecule has 0 saturated heterocycles. The Bertz CT molecular complexity index is 3530. The van der Waals surface area contributed by atoms with Crippen LogP contribution in [-0.4, -0.2) is 24.9 Å². The number of hydrogen-bond acceptors (Lipinski definition) is 8. The number of fused-ring (bicyclic) bond motifs is 9. The number of nitrogens with zero attached hydrogens (tertiary/aromatic N) is 5. The van der Waals surface area contributed by atoms with Crippen LogP contribution in [0.25, 0.3) is 123 Å². The zero-order valence-electron chi connectivity index (χ0n) is 30.0. The molecule has 0 aliphatic heterocycles. The van der Waals surface area contributed by atoms with Crippen molar-refractivity contribution in [3.05, 3.63) is 164 Å². The maximum Gasteiger partial charge on any atom is 0.180 e. The molecule has 0 fully saturated rings. The molecule has 5 aromatic heterocycles. The van der Waals surface area contributed by atoms with E-state index in [0.717, 1.165) is 88.3 Å². The summed E-state index contributed by atoms with van der Waals surface area (Å²) >= 11 is 0. The number of para-hydroxylation sites is 2.